The van der Waals surface area contributed by atoms with Crippen LogP contribution < -0.4 is 0 Å². The minimum Gasteiger partial charge on any atom is -0.297 e. The average Bonchev–Trinajstić information content (AvgIpc) is 2.81. The van der Waals surface area contributed by atoms with Gasteiger partial charge in [0.2, 0.25) is 0 Å². The SMILES string of the molecule is Brc1ccc([C@H]2CC[N@]3C[C@H]23)cc1. The molecule has 0 radical (unpaired) electrons. The maximum atomic E-state index is 3.47. The molecule has 2 heteroatoms. The fraction of sp³-hybridized carbons (Fsp3) is 0.455. The van der Waals surface area contributed by atoms with E-state index in [1.165, 1.54) is 29.5 Å². The van der Waals surface area contributed by atoms with E-state index in [-0.39, 0.29) is 0 Å². The molecular weight excluding hydrogens is 226 g/mol. The van der Waals surface area contributed by atoms with Crippen molar-refractivity contribution in [2.24, 2.45) is 0 Å². The lowest BCUT2D eigenvalue weighted by Gasteiger charge is -2.09. The van der Waals surface area contributed by atoms with E-state index in [1.54, 1.807) is 0 Å². The predicted octanol–water partition coefficient (Wildman–Crippen LogP) is 2.62. The third-order valence-corrected chi connectivity index (χ3v) is 3.78. The molecule has 1 aromatic carbocycles. The van der Waals surface area contributed by atoms with E-state index in [4.69, 9.17) is 0 Å². The number of nitrogens with zero attached hydrogens (tertiary/aromatic N) is 1. The van der Waals surface area contributed by atoms with E-state index in [2.05, 4.69) is 45.1 Å². The molecular formula is C11H12BrN. The van der Waals surface area contributed by atoms with Gasteiger partial charge in [0.15, 0.2) is 0 Å². The second-order valence-corrected chi connectivity index (χ2v) is 4.92. The van der Waals surface area contributed by atoms with Crippen molar-refractivity contribution in [1.29, 1.82) is 0 Å². The highest BCUT2D eigenvalue weighted by Gasteiger charge is 2.46. The Labute approximate surface area is 86.9 Å². The maximum absolute atomic E-state index is 3.47. The Balaban J connectivity index is 1.87. The van der Waals surface area contributed by atoms with Gasteiger partial charge in [0.1, 0.15) is 0 Å². The lowest BCUT2D eigenvalue weighted by Crippen LogP contribution is -2.02. The van der Waals surface area contributed by atoms with Crippen molar-refractivity contribution in [2.45, 2.75) is 18.4 Å². The molecule has 2 fully saturated rings. The zero-order valence-corrected chi connectivity index (χ0v) is 9.00. The lowest BCUT2D eigenvalue weighted by molar-refractivity contribution is 0.593. The van der Waals surface area contributed by atoms with Gasteiger partial charge in [-0.3, -0.25) is 4.90 Å². The van der Waals surface area contributed by atoms with Crippen LogP contribution in [0.25, 0.3) is 0 Å². The van der Waals surface area contributed by atoms with Crippen LogP contribution in [0.4, 0.5) is 0 Å². The average molecular weight is 238 g/mol. The number of halogens is 1. The largest absolute Gasteiger partial charge is 0.297 e. The molecule has 2 heterocycles. The molecule has 0 unspecified atom stereocenters. The van der Waals surface area contributed by atoms with E-state index in [9.17, 15) is 0 Å². The Morgan fingerprint density at radius 2 is 2.00 bits per heavy atom. The maximum Gasteiger partial charge on any atom is 0.0293 e. The molecule has 13 heavy (non-hydrogen) atoms. The molecule has 1 nitrogen and oxygen atoms in total. The first-order valence-electron chi connectivity index (χ1n) is 4.84. The molecule has 2 saturated heterocycles. The van der Waals surface area contributed by atoms with Gasteiger partial charge in [0.25, 0.3) is 0 Å². The summed E-state index contributed by atoms with van der Waals surface area (Å²) in [6.45, 7) is 2.64. The second-order valence-electron chi connectivity index (χ2n) is 4.01. The number of piperidine rings is 1. The minimum atomic E-state index is 0.813. The smallest absolute Gasteiger partial charge is 0.0293 e. The predicted molar refractivity (Wildman–Crippen MR) is 56.9 cm³/mol. The first kappa shape index (κ1) is 8.01. The molecule has 1 aromatic rings. The normalized spacial score (nSPS) is 35.9. The van der Waals surface area contributed by atoms with E-state index in [1.807, 2.05) is 0 Å². The first-order valence-corrected chi connectivity index (χ1v) is 5.63. The third kappa shape index (κ3) is 1.32. The summed E-state index contributed by atoms with van der Waals surface area (Å²) < 4.78 is 1.18. The van der Waals surface area contributed by atoms with E-state index in [0.29, 0.717) is 0 Å². The monoisotopic (exact) mass is 237 g/mol. The molecule has 0 N–H and O–H groups in total. The van der Waals surface area contributed by atoms with Gasteiger partial charge in [-0.25, -0.2) is 0 Å². The minimum absolute atomic E-state index is 0.813. The van der Waals surface area contributed by atoms with Gasteiger partial charge in [0, 0.05) is 23.0 Å². The van der Waals surface area contributed by atoms with Gasteiger partial charge < -0.3 is 0 Å². The van der Waals surface area contributed by atoms with Gasteiger partial charge in [-0.2, -0.15) is 0 Å². The molecule has 0 saturated carbocycles. The topological polar surface area (TPSA) is 3.01 Å². The van der Waals surface area contributed by atoms with E-state index >= 15 is 0 Å². The zero-order chi connectivity index (χ0) is 8.84. The first-order chi connectivity index (χ1) is 6.34. The second kappa shape index (κ2) is 2.82. The summed E-state index contributed by atoms with van der Waals surface area (Å²) in [5.74, 6) is 0.813. The van der Waals surface area contributed by atoms with Crippen LogP contribution in [-0.2, 0) is 0 Å². The van der Waals surface area contributed by atoms with E-state index in [0.717, 1.165) is 12.0 Å². The van der Waals surface area contributed by atoms with Gasteiger partial charge in [0.05, 0.1) is 0 Å². The summed E-state index contributed by atoms with van der Waals surface area (Å²) in [5, 5.41) is 0. The molecule has 2 aliphatic rings. The Bertz CT molecular complexity index is 319. The number of benzene rings is 1. The van der Waals surface area contributed by atoms with Crippen LogP contribution in [0, 0.1) is 0 Å². The molecule has 0 spiro atoms. The Morgan fingerprint density at radius 1 is 1.23 bits per heavy atom. The van der Waals surface area contributed by atoms with Crippen molar-refractivity contribution < 1.29 is 0 Å². The molecule has 0 aromatic heterocycles. The Hall–Kier alpha value is -0.340. The van der Waals surface area contributed by atoms with Crippen LogP contribution in [0.15, 0.2) is 28.7 Å². The van der Waals surface area contributed by atoms with Crippen molar-refractivity contribution >= 4 is 15.9 Å². The van der Waals surface area contributed by atoms with Gasteiger partial charge in [-0.15, -0.1) is 0 Å². The van der Waals surface area contributed by atoms with Crippen molar-refractivity contribution in [3.63, 3.8) is 0 Å². The molecule has 0 bridgehead atoms. The quantitative estimate of drug-likeness (QED) is 0.679. The van der Waals surface area contributed by atoms with Crippen molar-refractivity contribution in [3.8, 4) is 0 Å². The number of hydrogen-bond donors (Lipinski definition) is 0. The molecule has 3 atom stereocenters. The Kier molecular flexibility index (Phi) is 1.74. The fourth-order valence-electron chi connectivity index (χ4n) is 2.43. The third-order valence-electron chi connectivity index (χ3n) is 3.25. The number of fused-ring (bicyclic) bond motifs is 1. The van der Waals surface area contributed by atoms with Crippen LogP contribution in [-0.4, -0.2) is 24.0 Å². The summed E-state index contributed by atoms with van der Waals surface area (Å²) >= 11 is 3.47. The summed E-state index contributed by atoms with van der Waals surface area (Å²) in [5.41, 5.74) is 1.52. The van der Waals surface area contributed by atoms with Crippen LogP contribution >= 0.6 is 15.9 Å². The highest BCUT2D eigenvalue weighted by atomic mass is 79.9. The van der Waals surface area contributed by atoms with Crippen molar-refractivity contribution in [1.82, 2.24) is 4.90 Å². The lowest BCUT2D eigenvalue weighted by atomic mass is 9.94. The summed E-state index contributed by atoms with van der Waals surface area (Å²) in [7, 11) is 0. The van der Waals surface area contributed by atoms with Crippen LogP contribution in [0.5, 0.6) is 0 Å². The number of rotatable bonds is 1. The number of hydrogen-bond acceptors (Lipinski definition) is 1. The van der Waals surface area contributed by atoms with Gasteiger partial charge >= 0.3 is 0 Å². The summed E-state index contributed by atoms with van der Waals surface area (Å²) in [6, 6.07) is 9.70. The van der Waals surface area contributed by atoms with Crippen LogP contribution in [0.3, 0.4) is 0 Å². The summed E-state index contributed by atoms with van der Waals surface area (Å²) in [4.78, 5) is 2.56. The van der Waals surface area contributed by atoms with E-state index < -0.39 is 0 Å². The van der Waals surface area contributed by atoms with Crippen LogP contribution in [0.1, 0.15) is 17.9 Å². The highest BCUT2D eigenvalue weighted by Crippen LogP contribution is 2.42. The van der Waals surface area contributed by atoms with Gasteiger partial charge in [-0.05, 0) is 30.7 Å². The molecule has 68 valence electrons. The Morgan fingerprint density at radius 3 is 2.54 bits per heavy atom. The molecule has 3 rings (SSSR count). The highest BCUT2D eigenvalue weighted by molar-refractivity contribution is 9.10. The molecule has 2 aliphatic heterocycles. The van der Waals surface area contributed by atoms with Crippen molar-refractivity contribution in [2.75, 3.05) is 13.1 Å². The van der Waals surface area contributed by atoms with Crippen molar-refractivity contribution in [3.05, 3.63) is 34.3 Å². The zero-order valence-electron chi connectivity index (χ0n) is 7.41. The molecule has 0 aliphatic carbocycles. The molecule has 0 amide bonds. The standard InChI is InChI=1S/C11H12BrN/c12-9-3-1-8(2-4-9)10-5-6-13-7-11(10)13/h1-4,10-11H,5-7H2/t10-,11-,13-/m1/s1. The fourth-order valence-corrected chi connectivity index (χ4v) is 2.69. The summed E-state index contributed by atoms with van der Waals surface area (Å²) in [6.07, 6.45) is 1.35. The van der Waals surface area contributed by atoms with Gasteiger partial charge in [-0.1, -0.05) is 28.1 Å². The van der Waals surface area contributed by atoms with Crippen LogP contribution in [0.2, 0.25) is 0 Å².